The first-order chi connectivity index (χ1) is 13.1. The zero-order chi connectivity index (χ0) is 19.6. The first-order valence-corrected chi connectivity index (χ1v) is 8.62. The number of methoxy groups -OCH3 is 1. The predicted molar refractivity (Wildman–Crippen MR) is 104 cm³/mol. The smallest absolute Gasteiger partial charge is 0.221 e. The number of carbonyl (C=O) groups is 1. The Balaban J connectivity index is 1.97. The molecule has 138 valence electrons. The molecule has 27 heavy (non-hydrogen) atoms. The van der Waals surface area contributed by atoms with Crippen LogP contribution in [0.3, 0.4) is 0 Å². The second-order valence-corrected chi connectivity index (χ2v) is 6.10. The van der Waals surface area contributed by atoms with E-state index >= 15 is 0 Å². The van der Waals surface area contributed by atoms with Crippen LogP contribution >= 0.6 is 11.6 Å². The number of hydrogen-bond donors (Lipinski definition) is 1. The van der Waals surface area contributed by atoms with Crippen molar-refractivity contribution in [3.8, 4) is 29.9 Å². The molecule has 0 bridgehead atoms. The highest BCUT2D eigenvalue weighted by Gasteiger charge is 2.14. The van der Waals surface area contributed by atoms with Gasteiger partial charge in [0.25, 0.3) is 0 Å². The zero-order valence-corrected chi connectivity index (χ0v) is 15.6. The van der Waals surface area contributed by atoms with Crippen LogP contribution in [0.5, 0.6) is 11.5 Å². The molecule has 0 aliphatic rings. The summed E-state index contributed by atoms with van der Waals surface area (Å²) in [6.45, 7) is 0.130. The third-order valence-corrected chi connectivity index (χ3v) is 4.07. The summed E-state index contributed by atoms with van der Waals surface area (Å²) in [5.74, 6) is 3.29. The fourth-order valence-electron chi connectivity index (χ4n) is 2.45. The molecule has 0 aliphatic carbocycles. The molecule has 0 saturated carbocycles. The highest BCUT2D eigenvalue weighted by Crippen LogP contribution is 2.28. The number of carbonyl (C=O) groups excluding carboxylic acids is 1. The van der Waals surface area contributed by atoms with Crippen molar-refractivity contribution in [2.24, 2.45) is 0 Å². The molecule has 5 nitrogen and oxygen atoms in total. The van der Waals surface area contributed by atoms with Crippen molar-refractivity contribution >= 4 is 17.5 Å². The number of ether oxygens (including phenoxy) is 2. The van der Waals surface area contributed by atoms with Crippen LogP contribution in [-0.4, -0.2) is 19.6 Å². The van der Waals surface area contributed by atoms with Crippen molar-refractivity contribution in [3.63, 3.8) is 0 Å². The number of benzene rings is 2. The van der Waals surface area contributed by atoms with Gasteiger partial charge in [-0.1, -0.05) is 35.7 Å². The lowest BCUT2D eigenvalue weighted by Gasteiger charge is -2.13. The summed E-state index contributed by atoms with van der Waals surface area (Å²) in [7, 11) is 1.55. The summed E-state index contributed by atoms with van der Waals surface area (Å²) in [6, 6.07) is 13.6. The second-order valence-electron chi connectivity index (χ2n) is 5.66. The Labute approximate surface area is 163 Å². The Kier molecular flexibility index (Phi) is 7.55. The second kappa shape index (κ2) is 10.1. The third-order valence-electron chi connectivity index (χ3n) is 3.82. The Bertz CT molecular complexity index is 866. The Morgan fingerprint density at radius 2 is 2.00 bits per heavy atom. The summed E-state index contributed by atoms with van der Waals surface area (Å²) in [5, 5.41) is 12.6. The Morgan fingerprint density at radius 1 is 1.26 bits per heavy atom. The van der Waals surface area contributed by atoms with Crippen LogP contribution in [0.4, 0.5) is 0 Å². The van der Waals surface area contributed by atoms with E-state index in [0.29, 0.717) is 28.5 Å². The van der Waals surface area contributed by atoms with Crippen LogP contribution in [0.1, 0.15) is 23.6 Å². The van der Waals surface area contributed by atoms with Crippen molar-refractivity contribution in [3.05, 3.63) is 58.6 Å². The van der Waals surface area contributed by atoms with E-state index in [4.69, 9.17) is 27.5 Å². The van der Waals surface area contributed by atoms with Crippen LogP contribution in [0.2, 0.25) is 5.02 Å². The summed E-state index contributed by atoms with van der Waals surface area (Å²) in [5.41, 5.74) is 1.59. The standard InChI is InChI=1S/C21H19ClN2O3/c1-3-12-27-20-13-15(4-10-19(20)26-2)5-11-21(25)24-18(14-23)16-6-8-17(22)9-7-16/h1,4,6-10,13,18H,5,11-12H2,2H3,(H,24,25). The molecule has 1 atom stereocenters. The van der Waals surface area contributed by atoms with Crippen LogP contribution in [-0.2, 0) is 11.2 Å². The molecule has 2 rings (SSSR count). The first kappa shape index (κ1) is 20.2. The van der Waals surface area contributed by atoms with Gasteiger partial charge in [-0.05, 0) is 41.8 Å². The molecule has 1 amide bonds. The third kappa shape index (κ3) is 5.95. The van der Waals surface area contributed by atoms with Crippen molar-refractivity contribution in [2.45, 2.75) is 18.9 Å². The SMILES string of the molecule is C#CCOc1cc(CCC(=O)NC(C#N)c2ccc(Cl)cc2)ccc1OC. The maximum atomic E-state index is 12.2. The van der Waals surface area contributed by atoms with E-state index in [1.165, 1.54) is 0 Å². The van der Waals surface area contributed by atoms with Crippen LogP contribution in [0, 0.1) is 23.7 Å². The van der Waals surface area contributed by atoms with Gasteiger partial charge in [-0.25, -0.2) is 0 Å². The van der Waals surface area contributed by atoms with E-state index in [-0.39, 0.29) is 18.9 Å². The van der Waals surface area contributed by atoms with Gasteiger partial charge in [0.1, 0.15) is 12.6 Å². The summed E-state index contributed by atoms with van der Waals surface area (Å²) < 4.78 is 10.7. The minimum Gasteiger partial charge on any atom is -0.493 e. The summed E-state index contributed by atoms with van der Waals surface area (Å²) in [4.78, 5) is 12.2. The minimum absolute atomic E-state index is 0.130. The van der Waals surface area contributed by atoms with Gasteiger partial charge in [-0.3, -0.25) is 4.79 Å². The summed E-state index contributed by atoms with van der Waals surface area (Å²) in [6.07, 6.45) is 5.93. The zero-order valence-electron chi connectivity index (χ0n) is 14.9. The number of nitrogens with one attached hydrogen (secondary N) is 1. The van der Waals surface area contributed by atoms with E-state index in [1.54, 1.807) is 43.5 Å². The Hall–Kier alpha value is -3.15. The number of nitriles is 1. The average Bonchev–Trinajstić information content (AvgIpc) is 2.69. The summed E-state index contributed by atoms with van der Waals surface area (Å²) >= 11 is 5.85. The highest BCUT2D eigenvalue weighted by atomic mass is 35.5. The van der Waals surface area contributed by atoms with Crippen molar-refractivity contribution in [1.29, 1.82) is 5.26 Å². The Morgan fingerprint density at radius 3 is 2.63 bits per heavy atom. The van der Waals surface area contributed by atoms with Crippen molar-refractivity contribution in [2.75, 3.05) is 13.7 Å². The van der Waals surface area contributed by atoms with Gasteiger partial charge in [0.15, 0.2) is 11.5 Å². The quantitative estimate of drug-likeness (QED) is 0.707. The van der Waals surface area contributed by atoms with Gasteiger partial charge in [0.2, 0.25) is 5.91 Å². The molecule has 1 unspecified atom stereocenters. The van der Waals surface area contributed by atoms with E-state index in [2.05, 4.69) is 17.3 Å². The molecule has 0 aliphatic heterocycles. The molecule has 0 radical (unpaired) electrons. The van der Waals surface area contributed by atoms with Gasteiger partial charge in [-0.2, -0.15) is 5.26 Å². The number of hydrogen-bond acceptors (Lipinski definition) is 4. The van der Waals surface area contributed by atoms with E-state index in [9.17, 15) is 10.1 Å². The lowest BCUT2D eigenvalue weighted by molar-refractivity contribution is -0.121. The van der Waals surface area contributed by atoms with Crippen LogP contribution < -0.4 is 14.8 Å². The van der Waals surface area contributed by atoms with Gasteiger partial charge >= 0.3 is 0 Å². The van der Waals surface area contributed by atoms with E-state index in [0.717, 1.165) is 5.56 Å². The lowest BCUT2D eigenvalue weighted by atomic mass is 10.1. The van der Waals surface area contributed by atoms with E-state index < -0.39 is 6.04 Å². The number of aryl methyl sites for hydroxylation is 1. The van der Waals surface area contributed by atoms with Crippen molar-refractivity contribution < 1.29 is 14.3 Å². The molecule has 0 fully saturated rings. The first-order valence-electron chi connectivity index (χ1n) is 8.25. The molecular weight excluding hydrogens is 364 g/mol. The fraction of sp³-hybridized carbons (Fsp3) is 0.238. The number of amides is 1. The van der Waals surface area contributed by atoms with Gasteiger partial charge in [0.05, 0.1) is 13.2 Å². The molecule has 6 heteroatoms. The van der Waals surface area contributed by atoms with Gasteiger partial charge < -0.3 is 14.8 Å². The fourth-order valence-corrected chi connectivity index (χ4v) is 2.57. The van der Waals surface area contributed by atoms with Crippen LogP contribution in [0.15, 0.2) is 42.5 Å². The number of terminal acetylenes is 1. The molecule has 0 heterocycles. The maximum Gasteiger partial charge on any atom is 0.221 e. The average molecular weight is 383 g/mol. The monoisotopic (exact) mass is 382 g/mol. The highest BCUT2D eigenvalue weighted by molar-refractivity contribution is 6.30. The number of halogens is 1. The number of nitrogens with zero attached hydrogens (tertiary/aromatic N) is 1. The molecule has 2 aromatic rings. The topological polar surface area (TPSA) is 71.3 Å². The predicted octanol–water partition coefficient (Wildman–Crippen LogP) is 3.67. The molecule has 0 aromatic heterocycles. The maximum absolute atomic E-state index is 12.2. The van der Waals surface area contributed by atoms with E-state index in [1.807, 2.05) is 6.07 Å². The lowest BCUT2D eigenvalue weighted by Crippen LogP contribution is -2.27. The molecule has 0 saturated heterocycles. The normalized spacial score (nSPS) is 11.0. The molecular formula is C21H19ClN2O3. The largest absolute Gasteiger partial charge is 0.493 e. The molecule has 1 N–H and O–H groups in total. The minimum atomic E-state index is -0.722. The van der Waals surface area contributed by atoms with Gasteiger partial charge in [-0.15, -0.1) is 6.42 Å². The van der Waals surface area contributed by atoms with Crippen LogP contribution in [0.25, 0.3) is 0 Å². The van der Waals surface area contributed by atoms with Gasteiger partial charge in [0, 0.05) is 11.4 Å². The number of rotatable bonds is 8. The molecule has 0 spiro atoms. The van der Waals surface area contributed by atoms with Crippen molar-refractivity contribution in [1.82, 2.24) is 5.32 Å². The molecule has 2 aromatic carbocycles.